The summed E-state index contributed by atoms with van der Waals surface area (Å²) in [6, 6.07) is 11.6. The lowest BCUT2D eigenvalue weighted by molar-refractivity contribution is -0.385. The van der Waals surface area contributed by atoms with Gasteiger partial charge in [-0.2, -0.15) is 0 Å². The lowest BCUT2D eigenvalue weighted by Crippen LogP contribution is -1.97. The van der Waals surface area contributed by atoms with Crippen LogP contribution in [0.4, 0.5) is 11.4 Å². The molecule has 130 valence electrons. The van der Waals surface area contributed by atoms with E-state index in [0.717, 1.165) is 5.56 Å². The average molecular weight is 346 g/mol. The summed E-state index contributed by atoms with van der Waals surface area (Å²) in [6.45, 7) is 1.14. The summed E-state index contributed by atoms with van der Waals surface area (Å²) >= 11 is 0. The molecule has 0 aromatic heterocycles. The van der Waals surface area contributed by atoms with Gasteiger partial charge in [0.2, 0.25) is 0 Å². The Kier molecular flexibility index (Phi) is 6.26. The van der Waals surface area contributed by atoms with E-state index in [2.05, 4.69) is 0 Å². The third-order valence-corrected chi connectivity index (χ3v) is 3.24. The zero-order chi connectivity index (χ0) is 18.2. The number of ether oxygens (including phenoxy) is 2. The smallest absolute Gasteiger partial charge is 0.269 e. The van der Waals surface area contributed by atoms with Crippen molar-refractivity contribution in [3.05, 3.63) is 79.9 Å². The predicted octanol–water partition coefficient (Wildman–Crippen LogP) is 3.05. The number of hydrogen-bond donors (Lipinski definition) is 0. The molecule has 1 heterocycles. The summed E-state index contributed by atoms with van der Waals surface area (Å²) < 4.78 is 10.5. The number of rotatable bonds is 4. The number of aldehydes is 1. The molecule has 2 aromatic carbocycles. The van der Waals surface area contributed by atoms with E-state index in [4.69, 9.17) is 9.47 Å². The van der Waals surface area contributed by atoms with E-state index < -0.39 is 9.85 Å². The van der Waals surface area contributed by atoms with Crippen molar-refractivity contribution in [1.29, 1.82) is 0 Å². The molecule has 0 atom stereocenters. The molecule has 25 heavy (non-hydrogen) atoms. The van der Waals surface area contributed by atoms with Crippen LogP contribution < -0.4 is 0 Å². The van der Waals surface area contributed by atoms with Crippen molar-refractivity contribution in [2.45, 2.75) is 6.29 Å². The quantitative estimate of drug-likeness (QED) is 0.473. The second-order valence-electron chi connectivity index (χ2n) is 4.89. The molecule has 0 spiro atoms. The molecule has 9 nitrogen and oxygen atoms in total. The molecule has 9 heteroatoms. The van der Waals surface area contributed by atoms with Crippen molar-refractivity contribution in [3.63, 3.8) is 0 Å². The molecule has 2 aromatic rings. The SMILES string of the molecule is O=Cc1ccc([N+](=O)[O-])cc1.O=[N+]([O-])c1ccc(C2OCCO2)cc1. The molecule has 1 aliphatic rings. The van der Waals surface area contributed by atoms with Crippen molar-refractivity contribution in [3.8, 4) is 0 Å². The van der Waals surface area contributed by atoms with E-state index in [0.29, 0.717) is 25.1 Å². The molecule has 0 saturated carbocycles. The van der Waals surface area contributed by atoms with Gasteiger partial charge >= 0.3 is 0 Å². The second kappa shape index (κ2) is 8.62. The topological polar surface area (TPSA) is 122 Å². The number of carbonyl (C=O) groups excluding carboxylic acids is 1. The molecule has 1 saturated heterocycles. The van der Waals surface area contributed by atoms with Crippen molar-refractivity contribution >= 4 is 17.7 Å². The average Bonchev–Trinajstić information content (AvgIpc) is 3.17. The zero-order valence-corrected chi connectivity index (χ0v) is 12.9. The zero-order valence-electron chi connectivity index (χ0n) is 12.9. The van der Waals surface area contributed by atoms with Gasteiger partial charge in [-0.25, -0.2) is 0 Å². The Morgan fingerprint density at radius 2 is 1.28 bits per heavy atom. The van der Waals surface area contributed by atoms with Crippen molar-refractivity contribution in [2.75, 3.05) is 13.2 Å². The van der Waals surface area contributed by atoms with Gasteiger partial charge in [0.15, 0.2) is 6.29 Å². The highest BCUT2D eigenvalue weighted by Crippen LogP contribution is 2.24. The number of benzene rings is 2. The monoisotopic (exact) mass is 346 g/mol. The van der Waals surface area contributed by atoms with E-state index in [-0.39, 0.29) is 17.7 Å². The van der Waals surface area contributed by atoms with Crippen LogP contribution in [0, 0.1) is 20.2 Å². The van der Waals surface area contributed by atoms with Crippen LogP contribution >= 0.6 is 0 Å². The van der Waals surface area contributed by atoms with Gasteiger partial charge in [-0.3, -0.25) is 25.0 Å². The molecule has 3 rings (SSSR count). The highest BCUT2D eigenvalue weighted by molar-refractivity contribution is 5.75. The van der Waals surface area contributed by atoms with Gasteiger partial charge in [0, 0.05) is 35.4 Å². The number of nitro benzene ring substituents is 2. The molecule has 1 fully saturated rings. The second-order valence-corrected chi connectivity index (χ2v) is 4.89. The highest BCUT2D eigenvalue weighted by Gasteiger charge is 2.18. The molecule has 0 amide bonds. The van der Waals surface area contributed by atoms with Crippen molar-refractivity contribution < 1.29 is 24.1 Å². The number of non-ortho nitro benzene ring substituents is 2. The van der Waals surface area contributed by atoms with Gasteiger partial charge < -0.3 is 9.47 Å². The maximum absolute atomic E-state index is 10.4. The van der Waals surface area contributed by atoms with Crippen LogP contribution in [0.2, 0.25) is 0 Å². The summed E-state index contributed by atoms with van der Waals surface area (Å²) in [5.74, 6) is 0. The van der Waals surface area contributed by atoms with Crippen LogP contribution in [0.15, 0.2) is 48.5 Å². The van der Waals surface area contributed by atoms with Crippen molar-refractivity contribution in [2.24, 2.45) is 0 Å². The Morgan fingerprint density at radius 3 is 1.68 bits per heavy atom. The first-order valence-electron chi connectivity index (χ1n) is 7.18. The molecule has 0 bridgehead atoms. The summed E-state index contributed by atoms with van der Waals surface area (Å²) in [6.07, 6.45) is 0.278. The highest BCUT2D eigenvalue weighted by atomic mass is 16.7. The largest absolute Gasteiger partial charge is 0.346 e. The normalized spacial score (nSPS) is 13.6. The minimum absolute atomic E-state index is 0.00407. The molecule has 0 aliphatic carbocycles. The first kappa shape index (κ1) is 18.2. The minimum Gasteiger partial charge on any atom is -0.346 e. The van der Waals surface area contributed by atoms with Gasteiger partial charge in [0.1, 0.15) is 6.29 Å². The number of hydrogen-bond acceptors (Lipinski definition) is 7. The van der Waals surface area contributed by atoms with E-state index in [1.807, 2.05) is 0 Å². The third-order valence-electron chi connectivity index (χ3n) is 3.24. The minimum atomic E-state index is -0.505. The summed E-state index contributed by atoms with van der Waals surface area (Å²) in [4.78, 5) is 29.7. The van der Waals surface area contributed by atoms with Gasteiger partial charge in [-0.1, -0.05) is 0 Å². The summed E-state index contributed by atoms with van der Waals surface area (Å²) in [7, 11) is 0. The molecular formula is C16H14N2O7. The van der Waals surface area contributed by atoms with Crippen LogP contribution in [0.25, 0.3) is 0 Å². The van der Waals surface area contributed by atoms with Gasteiger partial charge in [0.05, 0.1) is 23.1 Å². The van der Waals surface area contributed by atoms with Crippen molar-refractivity contribution in [1.82, 2.24) is 0 Å². The summed E-state index contributed by atoms with van der Waals surface area (Å²) in [5.41, 5.74) is 1.33. The van der Waals surface area contributed by atoms with Crippen LogP contribution in [-0.4, -0.2) is 29.3 Å². The molecule has 0 radical (unpaired) electrons. The fourth-order valence-electron chi connectivity index (χ4n) is 1.98. The Hall–Kier alpha value is -3.17. The lowest BCUT2D eigenvalue weighted by Gasteiger charge is -2.07. The molecule has 0 N–H and O–H groups in total. The van der Waals surface area contributed by atoms with Crippen LogP contribution in [0.3, 0.4) is 0 Å². The van der Waals surface area contributed by atoms with Crippen LogP contribution in [0.1, 0.15) is 22.2 Å². The molecule has 1 aliphatic heterocycles. The standard InChI is InChI=1S/C9H9NO4.C7H5NO3/c11-10(12)8-3-1-7(2-4-8)9-13-5-6-14-9;9-5-6-1-3-7(4-2-6)8(10)11/h1-4,9H,5-6H2;1-5H. The van der Waals surface area contributed by atoms with E-state index >= 15 is 0 Å². The Morgan fingerprint density at radius 1 is 0.840 bits per heavy atom. The van der Waals surface area contributed by atoms with Gasteiger partial charge in [-0.05, 0) is 24.3 Å². The Balaban J connectivity index is 0.000000186. The number of nitrogens with zero attached hydrogens (tertiary/aromatic N) is 2. The third kappa shape index (κ3) is 5.16. The first-order chi connectivity index (χ1) is 12.0. The van der Waals surface area contributed by atoms with E-state index in [9.17, 15) is 25.0 Å². The predicted molar refractivity (Wildman–Crippen MR) is 86.2 cm³/mol. The Labute approximate surface area is 142 Å². The van der Waals surface area contributed by atoms with Crippen LogP contribution in [-0.2, 0) is 9.47 Å². The fourth-order valence-corrected chi connectivity index (χ4v) is 1.98. The maximum atomic E-state index is 10.4. The number of carbonyl (C=O) groups is 1. The fraction of sp³-hybridized carbons (Fsp3) is 0.188. The number of nitro groups is 2. The maximum Gasteiger partial charge on any atom is 0.269 e. The summed E-state index contributed by atoms with van der Waals surface area (Å²) in [5, 5.41) is 20.5. The Bertz CT molecular complexity index is 738. The lowest BCUT2D eigenvalue weighted by atomic mass is 10.2. The van der Waals surface area contributed by atoms with E-state index in [1.165, 1.54) is 36.4 Å². The van der Waals surface area contributed by atoms with Gasteiger partial charge in [0.25, 0.3) is 11.4 Å². The molecular weight excluding hydrogens is 332 g/mol. The van der Waals surface area contributed by atoms with E-state index in [1.54, 1.807) is 12.1 Å². The first-order valence-corrected chi connectivity index (χ1v) is 7.18. The van der Waals surface area contributed by atoms with Gasteiger partial charge in [-0.15, -0.1) is 0 Å². The molecule has 0 unspecified atom stereocenters. The van der Waals surface area contributed by atoms with Crippen LogP contribution in [0.5, 0.6) is 0 Å².